The molecule has 0 heterocycles. The lowest BCUT2D eigenvalue weighted by molar-refractivity contribution is 0.741. The lowest BCUT2D eigenvalue weighted by Crippen LogP contribution is -2.20. The average molecular weight is 224 g/mol. The van der Waals surface area contributed by atoms with Crippen molar-refractivity contribution >= 4 is 22.6 Å². The highest BCUT2D eigenvalue weighted by Crippen LogP contribution is 2.15. The van der Waals surface area contributed by atoms with Crippen molar-refractivity contribution < 1.29 is 0 Å². The molecule has 1 aromatic rings. The van der Waals surface area contributed by atoms with Crippen LogP contribution in [0.1, 0.15) is 12.5 Å². The SMILES string of the molecule is CCSC(N)=Nc1cccc(CNN)c1. The van der Waals surface area contributed by atoms with E-state index in [1.165, 1.54) is 11.8 Å². The zero-order valence-electron chi connectivity index (χ0n) is 8.73. The molecule has 82 valence electrons. The summed E-state index contributed by atoms with van der Waals surface area (Å²) in [6, 6.07) is 7.81. The van der Waals surface area contributed by atoms with Crippen LogP contribution in [0.2, 0.25) is 0 Å². The molecule has 0 fully saturated rings. The molecule has 0 atom stereocenters. The summed E-state index contributed by atoms with van der Waals surface area (Å²) in [6.45, 7) is 2.67. The van der Waals surface area contributed by atoms with Crippen LogP contribution in [0.25, 0.3) is 0 Å². The Hall–Kier alpha value is -1.04. The van der Waals surface area contributed by atoms with E-state index in [4.69, 9.17) is 11.6 Å². The fraction of sp³-hybridized carbons (Fsp3) is 0.300. The van der Waals surface area contributed by atoms with Gasteiger partial charge in [-0.15, -0.1) is 0 Å². The number of nitrogens with one attached hydrogen (secondary N) is 1. The number of hydrazine groups is 1. The van der Waals surface area contributed by atoms with Crippen molar-refractivity contribution in [2.45, 2.75) is 13.5 Å². The van der Waals surface area contributed by atoms with Crippen LogP contribution < -0.4 is 17.0 Å². The Morgan fingerprint density at radius 3 is 3.00 bits per heavy atom. The summed E-state index contributed by atoms with van der Waals surface area (Å²) in [5, 5.41) is 0.593. The standard InChI is InChI=1S/C10H16N4S/c1-2-15-10(11)14-9-5-3-4-8(6-9)7-13-12/h3-6,13H,2,7,12H2,1H3,(H2,11,14). The fourth-order valence-corrected chi connectivity index (χ4v) is 1.63. The largest absolute Gasteiger partial charge is 0.378 e. The van der Waals surface area contributed by atoms with Gasteiger partial charge in [-0.25, -0.2) is 4.99 Å². The van der Waals surface area contributed by atoms with Gasteiger partial charge in [0.2, 0.25) is 0 Å². The van der Waals surface area contributed by atoms with Gasteiger partial charge in [-0.3, -0.25) is 11.3 Å². The Morgan fingerprint density at radius 1 is 1.53 bits per heavy atom. The van der Waals surface area contributed by atoms with Crippen LogP contribution in [-0.4, -0.2) is 10.9 Å². The summed E-state index contributed by atoms with van der Waals surface area (Å²) in [6.07, 6.45) is 0. The summed E-state index contributed by atoms with van der Waals surface area (Å²) >= 11 is 1.53. The highest BCUT2D eigenvalue weighted by molar-refractivity contribution is 8.13. The van der Waals surface area contributed by atoms with Crippen molar-refractivity contribution in [1.29, 1.82) is 0 Å². The van der Waals surface area contributed by atoms with Gasteiger partial charge in [0.25, 0.3) is 0 Å². The number of nitrogens with zero attached hydrogens (tertiary/aromatic N) is 1. The van der Waals surface area contributed by atoms with E-state index < -0.39 is 0 Å². The van der Waals surface area contributed by atoms with E-state index in [1.54, 1.807) is 0 Å². The van der Waals surface area contributed by atoms with Crippen LogP contribution >= 0.6 is 11.8 Å². The fourth-order valence-electron chi connectivity index (χ4n) is 1.16. The summed E-state index contributed by atoms with van der Waals surface area (Å²) < 4.78 is 0. The van der Waals surface area contributed by atoms with Gasteiger partial charge in [0.1, 0.15) is 0 Å². The van der Waals surface area contributed by atoms with E-state index in [-0.39, 0.29) is 0 Å². The topological polar surface area (TPSA) is 76.4 Å². The summed E-state index contributed by atoms with van der Waals surface area (Å²) in [4.78, 5) is 4.28. The van der Waals surface area contributed by atoms with Gasteiger partial charge in [-0.2, -0.15) is 0 Å². The number of rotatable bonds is 4. The number of benzene rings is 1. The molecule has 0 aromatic heterocycles. The molecule has 0 aliphatic carbocycles. The van der Waals surface area contributed by atoms with E-state index in [2.05, 4.69) is 10.4 Å². The molecule has 1 aromatic carbocycles. The monoisotopic (exact) mass is 224 g/mol. The van der Waals surface area contributed by atoms with Crippen LogP contribution in [0.3, 0.4) is 0 Å². The predicted octanol–water partition coefficient (Wildman–Crippen LogP) is 1.35. The first-order valence-electron chi connectivity index (χ1n) is 4.75. The van der Waals surface area contributed by atoms with Crippen molar-refractivity contribution in [3.8, 4) is 0 Å². The summed E-state index contributed by atoms with van der Waals surface area (Å²) in [5.41, 5.74) is 10.3. The van der Waals surface area contributed by atoms with Gasteiger partial charge in [0.05, 0.1) is 5.69 Å². The maximum absolute atomic E-state index is 5.71. The second-order valence-corrected chi connectivity index (χ2v) is 4.22. The first-order valence-corrected chi connectivity index (χ1v) is 5.74. The molecule has 0 radical (unpaired) electrons. The third-order valence-electron chi connectivity index (χ3n) is 1.75. The number of amidine groups is 1. The molecule has 5 heteroatoms. The zero-order chi connectivity index (χ0) is 11.1. The Kier molecular flexibility index (Phi) is 5.17. The lowest BCUT2D eigenvalue weighted by atomic mass is 10.2. The number of hydrogen-bond acceptors (Lipinski definition) is 4. The molecule has 0 saturated heterocycles. The van der Waals surface area contributed by atoms with Crippen molar-refractivity contribution in [3.05, 3.63) is 29.8 Å². The average Bonchev–Trinajstić information content (AvgIpc) is 2.19. The van der Waals surface area contributed by atoms with E-state index in [1.807, 2.05) is 31.2 Å². The summed E-state index contributed by atoms with van der Waals surface area (Å²) in [7, 11) is 0. The van der Waals surface area contributed by atoms with Crippen LogP contribution in [-0.2, 0) is 6.54 Å². The number of nitrogens with two attached hydrogens (primary N) is 2. The molecular weight excluding hydrogens is 208 g/mol. The second-order valence-electron chi connectivity index (χ2n) is 2.93. The van der Waals surface area contributed by atoms with Gasteiger partial charge >= 0.3 is 0 Å². The van der Waals surface area contributed by atoms with Crippen LogP contribution in [0.5, 0.6) is 0 Å². The lowest BCUT2D eigenvalue weighted by Gasteiger charge is -2.02. The van der Waals surface area contributed by atoms with Crippen molar-refractivity contribution in [2.24, 2.45) is 16.6 Å². The molecule has 0 amide bonds. The van der Waals surface area contributed by atoms with Crippen molar-refractivity contribution in [3.63, 3.8) is 0 Å². The van der Waals surface area contributed by atoms with E-state index in [0.29, 0.717) is 11.7 Å². The third-order valence-corrected chi connectivity index (χ3v) is 2.42. The van der Waals surface area contributed by atoms with Gasteiger partial charge in [0, 0.05) is 6.54 Å². The van der Waals surface area contributed by atoms with Gasteiger partial charge < -0.3 is 5.73 Å². The van der Waals surface area contributed by atoms with E-state index in [0.717, 1.165) is 17.0 Å². The van der Waals surface area contributed by atoms with Crippen molar-refractivity contribution in [1.82, 2.24) is 5.43 Å². The van der Waals surface area contributed by atoms with E-state index in [9.17, 15) is 0 Å². The normalized spacial score (nSPS) is 11.7. The molecule has 0 spiro atoms. The molecule has 5 N–H and O–H groups in total. The molecule has 0 saturated carbocycles. The minimum absolute atomic E-state index is 0.593. The molecule has 0 unspecified atom stereocenters. The highest BCUT2D eigenvalue weighted by Gasteiger charge is 1.95. The Labute approximate surface area is 94.1 Å². The molecule has 4 nitrogen and oxygen atoms in total. The first-order chi connectivity index (χ1) is 7.26. The Bertz CT molecular complexity index is 338. The van der Waals surface area contributed by atoms with Gasteiger partial charge in [-0.1, -0.05) is 30.8 Å². The highest BCUT2D eigenvalue weighted by atomic mass is 32.2. The number of aliphatic imine (C=N–C) groups is 1. The molecule has 0 aliphatic heterocycles. The van der Waals surface area contributed by atoms with E-state index >= 15 is 0 Å². The quantitative estimate of drug-likeness (QED) is 0.312. The predicted molar refractivity (Wildman–Crippen MR) is 66.9 cm³/mol. The minimum Gasteiger partial charge on any atom is -0.378 e. The second kappa shape index (κ2) is 6.44. The van der Waals surface area contributed by atoms with Crippen LogP contribution in [0, 0.1) is 0 Å². The van der Waals surface area contributed by atoms with Crippen LogP contribution in [0.15, 0.2) is 29.3 Å². The van der Waals surface area contributed by atoms with Gasteiger partial charge in [0.15, 0.2) is 5.17 Å². The van der Waals surface area contributed by atoms with Crippen molar-refractivity contribution in [2.75, 3.05) is 5.75 Å². The Balaban J connectivity index is 2.76. The molecular formula is C10H16N4S. The number of thioether (sulfide) groups is 1. The van der Waals surface area contributed by atoms with Crippen LogP contribution in [0.4, 0.5) is 5.69 Å². The molecule has 0 aliphatic rings. The summed E-state index contributed by atoms with van der Waals surface area (Å²) in [5.74, 6) is 6.17. The molecule has 15 heavy (non-hydrogen) atoms. The third kappa shape index (κ3) is 4.33. The minimum atomic E-state index is 0.593. The Morgan fingerprint density at radius 2 is 2.33 bits per heavy atom. The van der Waals surface area contributed by atoms with Gasteiger partial charge in [-0.05, 0) is 23.4 Å². The molecule has 1 rings (SSSR count). The maximum Gasteiger partial charge on any atom is 0.159 e. The smallest absolute Gasteiger partial charge is 0.159 e. The molecule has 0 bridgehead atoms. The number of hydrogen-bond donors (Lipinski definition) is 3. The first kappa shape index (κ1) is 12.0. The zero-order valence-corrected chi connectivity index (χ0v) is 9.55. The maximum atomic E-state index is 5.71.